The number of carboxylic acid groups (broad SMARTS) is 1. The molecule has 1 aromatic heterocycles. The SMILES string of the molecule is CC(NC(=O)c1c(O)c2cc(Cl)ccc2sc1=O)C(=O)O. The normalized spacial score (nSPS) is 12.1. The number of carbonyl (C=O) groups is 2. The van der Waals surface area contributed by atoms with Crippen molar-refractivity contribution in [2.75, 3.05) is 0 Å². The lowest BCUT2D eigenvalue weighted by molar-refractivity contribution is -0.138. The zero-order valence-electron chi connectivity index (χ0n) is 10.7. The summed E-state index contributed by atoms with van der Waals surface area (Å²) in [5, 5.41) is 21.6. The van der Waals surface area contributed by atoms with E-state index in [2.05, 4.69) is 5.32 Å². The van der Waals surface area contributed by atoms with Crippen LogP contribution in [0.25, 0.3) is 10.1 Å². The van der Waals surface area contributed by atoms with Crippen LogP contribution in [0.4, 0.5) is 0 Å². The fourth-order valence-electron chi connectivity index (χ4n) is 1.69. The fraction of sp³-hybridized carbons (Fsp3) is 0.154. The maximum absolute atomic E-state index is 12.0. The molecule has 1 amide bonds. The number of aromatic hydroxyl groups is 1. The highest BCUT2D eigenvalue weighted by molar-refractivity contribution is 7.16. The van der Waals surface area contributed by atoms with Crippen molar-refractivity contribution in [1.29, 1.82) is 0 Å². The zero-order chi connectivity index (χ0) is 15.7. The fourth-order valence-corrected chi connectivity index (χ4v) is 2.75. The highest BCUT2D eigenvalue weighted by atomic mass is 35.5. The van der Waals surface area contributed by atoms with Crippen LogP contribution in [0.3, 0.4) is 0 Å². The first-order valence-electron chi connectivity index (χ1n) is 5.80. The molecule has 0 bridgehead atoms. The molecule has 0 aliphatic heterocycles. The van der Waals surface area contributed by atoms with E-state index in [0.717, 1.165) is 11.3 Å². The summed E-state index contributed by atoms with van der Waals surface area (Å²) < 4.78 is -0.179. The van der Waals surface area contributed by atoms with E-state index in [0.29, 0.717) is 9.72 Å². The van der Waals surface area contributed by atoms with E-state index in [1.165, 1.54) is 13.0 Å². The lowest BCUT2D eigenvalue weighted by Gasteiger charge is -2.10. The van der Waals surface area contributed by atoms with Crippen LogP contribution in [0.2, 0.25) is 5.02 Å². The van der Waals surface area contributed by atoms with Crippen molar-refractivity contribution < 1.29 is 19.8 Å². The number of benzene rings is 1. The van der Waals surface area contributed by atoms with Crippen LogP contribution in [-0.2, 0) is 4.79 Å². The number of carbonyl (C=O) groups excluding carboxylic acids is 1. The van der Waals surface area contributed by atoms with Gasteiger partial charge in [0.15, 0.2) is 0 Å². The summed E-state index contributed by atoms with van der Waals surface area (Å²) in [6, 6.07) is 3.37. The van der Waals surface area contributed by atoms with Gasteiger partial charge in [-0.3, -0.25) is 14.4 Å². The van der Waals surface area contributed by atoms with Crippen molar-refractivity contribution in [3.8, 4) is 5.75 Å². The van der Waals surface area contributed by atoms with E-state index < -0.39 is 34.0 Å². The molecule has 0 aliphatic rings. The number of hydrogen-bond acceptors (Lipinski definition) is 5. The van der Waals surface area contributed by atoms with Crippen LogP contribution in [0.15, 0.2) is 23.0 Å². The summed E-state index contributed by atoms with van der Waals surface area (Å²) in [6.45, 7) is 1.25. The van der Waals surface area contributed by atoms with Crippen molar-refractivity contribution in [3.63, 3.8) is 0 Å². The predicted molar refractivity (Wildman–Crippen MR) is 79.3 cm³/mol. The van der Waals surface area contributed by atoms with Gasteiger partial charge in [-0.2, -0.15) is 0 Å². The molecule has 0 saturated heterocycles. The third-order valence-electron chi connectivity index (χ3n) is 2.79. The first-order valence-corrected chi connectivity index (χ1v) is 6.99. The van der Waals surface area contributed by atoms with E-state index in [4.69, 9.17) is 16.7 Å². The molecular weight excluding hydrogens is 318 g/mol. The molecule has 0 saturated carbocycles. The van der Waals surface area contributed by atoms with E-state index in [1.807, 2.05) is 0 Å². The molecule has 1 atom stereocenters. The van der Waals surface area contributed by atoms with Crippen molar-refractivity contribution in [1.82, 2.24) is 5.32 Å². The van der Waals surface area contributed by atoms with Crippen molar-refractivity contribution >= 4 is 44.9 Å². The second-order valence-corrected chi connectivity index (χ2v) is 5.74. The van der Waals surface area contributed by atoms with Crippen molar-refractivity contribution in [2.24, 2.45) is 0 Å². The maximum atomic E-state index is 12.0. The number of fused-ring (bicyclic) bond motifs is 1. The van der Waals surface area contributed by atoms with Gasteiger partial charge in [-0.25, -0.2) is 0 Å². The topological polar surface area (TPSA) is 104 Å². The molecule has 1 unspecified atom stereocenters. The molecule has 3 N–H and O–H groups in total. The molecule has 0 aliphatic carbocycles. The first-order chi connectivity index (χ1) is 9.81. The molecule has 0 fully saturated rings. The Morgan fingerprint density at radius 2 is 2.05 bits per heavy atom. The van der Waals surface area contributed by atoms with Gasteiger partial charge in [0.05, 0.1) is 0 Å². The lowest BCUT2D eigenvalue weighted by atomic mass is 10.1. The number of carboxylic acids is 1. The summed E-state index contributed by atoms with van der Waals surface area (Å²) in [7, 11) is 0. The van der Waals surface area contributed by atoms with Gasteiger partial charge in [-0.1, -0.05) is 22.9 Å². The maximum Gasteiger partial charge on any atom is 0.325 e. The van der Waals surface area contributed by atoms with Gasteiger partial charge in [0.2, 0.25) is 4.74 Å². The van der Waals surface area contributed by atoms with Gasteiger partial charge in [0, 0.05) is 15.1 Å². The molecule has 0 radical (unpaired) electrons. The summed E-state index contributed by atoms with van der Waals surface area (Å²) in [4.78, 5) is 34.6. The molecule has 2 aromatic rings. The first kappa shape index (κ1) is 15.3. The number of aliphatic carboxylic acids is 1. The lowest BCUT2D eigenvalue weighted by Crippen LogP contribution is -2.39. The molecule has 1 aromatic carbocycles. The van der Waals surface area contributed by atoms with E-state index in [1.54, 1.807) is 12.1 Å². The van der Waals surface area contributed by atoms with E-state index in [9.17, 15) is 19.5 Å². The highest BCUT2D eigenvalue weighted by Gasteiger charge is 2.22. The van der Waals surface area contributed by atoms with Gasteiger partial charge in [0.25, 0.3) is 5.91 Å². The van der Waals surface area contributed by atoms with Crippen LogP contribution in [-0.4, -0.2) is 28.1 Å². The van der Waals surface area contributed by atoms with Gasteiger partial charge >= 0.3 is 5.97 Å². The smallest absolute Gasteiger partial charge is 0.325 e. The number of halogens is 1. The Labute approximate surface area is 127 Å². The second kappa shape index (κ2) is 5.71. The minimum atomic E-state index is -1.25. The minimum Gasteiger partial charge on any atom is -0.506 e. The number of nitrogens with one attached hydrogen (secondary N) is 1. The number of rotatable bonds is 3. The standard InChI is InChI=1S/C13H10ClNO5S/c1-5(12(18)19)15-11(17)9-10(16)7-4-6(14)2-3-8(7)21-13(9)20/h2-5,16H,1H3,(H,15,17)(H,18,19). The van der Waals surface area contributed by atoms with Crippen LogP contribution in [0.5, 0.6) is 5.75 Å². The van der Waals surface area contributed by atoms with E-state index >= 15 is 0 Å². The predicted octanol–water partition coefficient (Wildman–Crippen LogP) is 1.82. The molecule has 0 spiro atoms. The monoisotopic (exact) mass is 327 g/mol. The minimum absolute atomic E-state index is 0.264. The average molecular weight is 328 g/mol. The molecular formula is C13H10ClNO5S. The Bertz CT molecular complexity index is 801. The Hall–Kier alpha value is -2.12. The van der Waals surface area contributed by atoms with Crippen LogP contribution in [0.1, 0.15) is 17.3 Å². The number of amides is 1. The number of hydrogen-bond donors (Lipinski definition) is 3. The Kier molecular flexibility index (Phi) is 4.15. The van der Waals surface area contributed by atoms with Gasteiger partial charge in [-0.05, 0) is 25.1 Å². The van der Waals surface area contributed by atoms with Gasteiger partial charge in [-0.15, -0.1) is 0 Å². The average Bonchev–Trinajstić information content (AvgIpc) is 2.39. The summed E-state index contributed by atoms with van der Waals surface area (Å²) in [5.41, 5.74) is -0.483. The van der Waals surface area contributed by atoms with Crippen LogP contribution in [0, 0.1) is 0 Å². The van der Waals surface area contributed by atoms with Crippen LogP contribution >= 0.6 is 22.9 Å². The Balaban J connectivity index is 2.56. The molecule has 110 valence electrons. The molecule has 1 heterocycles. The zero-order valence-corrected chi connectivity index (χ0v) is 12.3. The molecule has 21 heavy (non-hydrogen) atoms. The van der Waals surface area contributed by atoms with Gasteiger partial charge in [0.1, 0.15) is 17.4 Å². The van der Waals surface area contributed by atoms with Crippen molar-refractivity contribution in [3.05, 3.63) is 38.3 Å². The Morgan fingerprint density at radius 3 is 2.67 bits per heavy atom. The molecule has 8 heteroatoms. The molecule has 6 nitrogen and oxygen atoms in total. The summed E-state index contributed by atoms with van der Waals surface area (Å²) in [6.07, 6.45) is 0. The second-order valence-electron chi connectivity index (χ2n) is 4.29. The molecule has 2 rings (SSSR count). The quantitative estimate of drug-likeness (QED) is 0.797. The largest absolute Gasteiger partial charge is 0.506 e. The van der Waals surface area contributed by atoms with Gasteiger partial charge < -0.3 is 15.5 Å². The third-order valence-corrected chi connectivity index (χ3v) is 3.99. The summed E-state index contributed by atoms with van der Waals surface area (Å²) >= 11 is 6.60. The van der Waals surface area contributed by atoms with E-state index in [-0.39, 0.29) is 5.39 Å². The Morgan fingerprint density at radius 1 is 1.38 bits per heavy atom. The summed E-state index contributed by atoms with van der Waals surface area (Å²) in [5.74, 6) is -2.69. The van der Waals surface area contributed by atoms with Crippen molar-refractivity contribution in [2.45, 2.75) is 13.0 Å². The van der Waals surface area contributed by atoms with Crippen LogP contribution < -0.4 is 10.1 Å². The third kappa shape index (κ3) is 2.98. The highest BCUT2D eigenvalue weighted by Crippen LogP contribution is 2.30.